The Balaban J connectivity index is 1.67. The first kappa shape index (κ1) is 14.2. The van der Waals surface area contributed by atoms with Crippen molar-refractivity contribution in [2.75, 3.05) is 25.9 Å². The lowest BCUT2D eigenvalue weighted by Gasteiger charge is -2.32. The molecule has 2 fully saturated rings. The van der Waals surface area contributed by atoms with Gasteiger partial charge in [0.2, 0.25) is 0 Å². The molecule has 0 aliphatic carbocycles. The number of hydrogen-bond acceptors (Lipinski definition) is 4. The lowest BCUT2D eigenvalue weighted by molar-refractivity contribution is 0.0915. The van der Waals surface area contributed by atoms with Crippen LogP contribution in [-0.4, -0.2) is 43.1 Å². The fourth-order valence-corrected chi connectivity index (χ4v) is 3.54. The minimum Gasteiger partial charge on any atom is -0.495 e. The summed E-state index contributed by atoms with van der Waals surface area (Å²) in [7, 11) is 1.57. The third kappa shape index (κ3) is 2.83. The van der Waals surface area contributed by atoms with Crippen LogP contribution < -0.4 is 15.8 Å². The number of nitrogen functional groups attached to an aromatic ring is 1. The number of methoxy groups -OCH3 is 1. The van der Waals surface area contributed by atoms with Crippen molar-refractivity contribution >= 4 is 11.6 Å². The van der Waals surface area contributed by atoms with Crippen LogP contribution in [0, 0.1) is 0 Å². The number of piperidine rings is 1. The number of nitrogens with one attached hydrogen (secondary N) is 1. The van der Waals surface area contributed by atoms with E-state index in [1.165, 1.54) is 25.8 Å². The predicted octanol–water partition coefficient (Wildman–Crippen LogP) is 1.63. The highest BCUT2D eigenvalue weighted by molar-refractivity contribution is 5.95. The summed E-state index contributed by atoms with van der Waals surface area (Å²) in [5.74, 6) is 0.563. The molecule has 2 saturated heterocycles. The van der Waals surface area contributed by atoms with E-state index in [1.54, 1.807) is 25.3 Å². The molecule has 0 spiro atoms. The number of carbonyl (C=O) groups is 1. The molecule has 2 heterocycles. The molecule has 2 atom stereocenters. The predicted molar refractivity (Wildman–Crippen MR) is 82.5 cm³/mol. The Morgan fingerprint density at radius 1 is 1.33 bits per heavy atom. The van der Waals surface area contributed by atoms with Crippen LogP contribution in [0.1, 0.15) is 36.0 Å². The van der Waals surface area contributed by atoms with Crippen molar-refractivity contribution in [1.29, 1.82) is 0 Å². The summed E-state index contributed by atoms with van der Waals surface area (Å²) in [5, 5.41) is 3.18. The molecule has 2 aliphatic rings. The van der Waals surface area contributed by atoms with Gasteiger partial charge >= 0.3 is 0 Å². The standard InChI is InChI=1S/C16H23N3O2/c1-21-15-6-5-11(10-12(15)17)16(20)18-13-7-9-19-8-3-2-4-14(13)19/h5-6,10,13-14H,2-4,7-9,17H2,1H3,(H,18,20). The molecule has 0 bridgehead atoms. The molecule has 114 valence electrons. The average molecular weight is 289 g/mol. The van der Waals surface area contributed by atoms with E-state index in [0.717, 1.165) is 13.0 Å². The van der Waals surface area contributed by atoms with Crippen LogP contribution in [0.5, 0.6) is 5.75 Å². The summed E-state index contributed by atoms with van der Waals surface area (Å²) < 4.78 is 5.12. The molecule has 0 saturated carbocycles. The highest BCUT2D eigenvalue weighted by Crippen LogP contribution is 2.28. The summed E-state index contributed by atoms with van der Waals surface area (Å²) in [6, 6.07) is 5.96. The van der Waals surface area contributed by atoms with Crippen molar-refractivity contribution in [2.24, 2.45) is 0 Å². The number of anilines is 1. The zero-order chi connectivity index (χ0) is 14.8. The third-order valence-electron chi connectivity index (χ3n) is 4.66. The maximum absolute atomic E-state index is 12.4. The van der Waals surface area contributed by atoms with Gasteiger partial charge in [-0.3, -0.25) is 9.69 Å². The molecule has 0 aromatic heterocycles. The van der Waals surface area contributed by atoms with Gasteiger partial charge in [0.1, 0.15) is 5.75 Å². The molecule has 1 aromatic carbocycles. The summed E-state index contributed by atoms with van der Waals surface area (Å²) in [6.07, 6.45) is 4.78. The van der Waals surface area contributed by atoms with E-state index in [2.05, 4.69) is 10.2 Å². The van der Waals surface area contributed by atoms with Crippen molar-refractivity contribution < 1.29 is 9.53 Å². The summed E-state index contributed by atoms with van der Waals surface area (Å²) in [4.78, 5) is 14.9. The van der Waals surface area contributed by atoms with Crippen LogP contribution >= 0.6 is 0 Å². The van der Waals surface area contributed by atoms with Gasteiger partial charge in [-0.15, -0.1) is 0 Å². The topological polar surface area (TPSA) is 67.6 Å². The minimum atomic E-state index is -0.0400. The van der Waals surface area contributed by atoms with Gasteiger partial charge in [0.25, 0.3) is 5.91 Å². The van der Waals surface area contributed by atoms with E-state index in [9.17, 15) is 4.79 Å². The number of rotatable bonds is 3. The Kier molecular flexibility index (Phi) is 4.01. The van der Waals surface area contributed by atoms with Crippen molar-refractivity contribution in [3.8, 4) is 5.75 Å². The van der Waals surface area contributed by atoms with Crippen LogP contribution in [-0.2, 0) is 0 Å². The Labute approximate surface area is 125 Å². The number of nitrogens with two attached hydrogens (primary N) is 1. The van der Waals surface area contributed by atoms with Gasteiger partial charge in [-0.1, -0.05) is 6.42 Å². The molecule has 1 aromatic rings. The number of benzene rings is 1. The average Bonchev–Trinajstić information content (AvgIpc) is 2.90. The molecule has 2 aliphatic heterocycles. The highest BCUT2D eigenvalue weighted by Gasteiger charge is 2.36. The molecule has 2 unspecified atom stereocenters. The molecular formula is C16H23N3O2. The normalized spacial score (nSPS) is 25.4. The third-order valence-corrected chi connectivity index (χ3v) is 4.66. The number of hydrogen-bond donors (Lipinski definition) is 2. The molecule has 5 heteroatoms. The van der Waals surface area contributed by atoms with Gasteiger partial charge in [0.05, 0.1) is 12.8 Å². The Hall–Kier alpha value is -1.75. The van der Waals surface area contributed by atoms with Gasteiger partial charge < -0.3 is 15.8 Å². The van der Waals surface area contributed by atoms with E-state index >= 15 is 0 Å². The molecular weight excluding hydrogens is 266 g/mol. The Morgan fingerprint density at radius 3 is 2.95 bits per heavy atom. The first-order chi connectivity index (χ1) is 10.2. The highest BCUT2D eigenvalue weighted by atomic mass is 16.5. The number of fused-ring (bicyclic) bond motifs is 1. The summed E-state index contributed by atoms with van der Waals surface area (Å²) in [6.45, 7) is 2.27. The Bertz CT molecular complexity index is 532. The second kappa shape index (κ2) is 5.93. The molecule has 1 amide bonds. The monoisotopic (exact) mass is 289 g/mol. The lowest BCUT2D eigenvalue weighted by Crippen LogP contribution is -2.46. The number of ether oxygens (including phenoxy) is 1. The van der Waals surface area contributed by atoms with Crippen LogP contribution in [0.25, 0.3) is 0 Å². The maximum atomic E-state index is 12.4. The maximum Gasteiger partial charge on any atom is 0.251 e. The van der Waals surface area contributed by atoms with Crippen LogP contribution in [0.2, 0.25) is 0 Å². The van der Waals surface area contributed by atoms with Crippen LogP contribution in [0.3, 0.4) is 0 Å². The number of carbonyl (C=O) groups excluding carboxylic acids is 1. The SMILES string of the molecule is COc1ccc(C(=O)NC2CCN3CCCCC23)cc1N. The largest absolute Gasteiger partial charge is 0.495 e. The van der Waals surface area contributed by atoms with Crippen molar-refractivity contribution in [3.63, 3.8) is 0 Å². The molecule has 0 radical (unpaired) electrons. The Morgan fingerprint density at radius 2 is 2.19 bits per heavy atom. The van der Waals surface area contributed by atoms with Crippen molar-refractivity contribution in [1.82, 2.24) is 10.2 Å². The summed E-state index contributed by atoms with van der Waals surface area (Å²) >= 11 is 0. The van der Waals surface area contributed by atoms with Gasteiger partial charge in [0, 0.05) is 24.2 Å². The van der Waals surface area contributed by atoms with Gasteiger partial charge in [-0.25, -0.2) is 0 Å². The first-order valence-electron chi connectivity index (χ1n) is 7.67. The van der Waals surface area contributed by atoms with Crippen LogP contribution in [0.15, 0.2) is 18.2 Å². The minimum absolute atomic E-state index is 0.0400. The van der Waals surface area contributed by atoms with E-state index < -0.39 is 0 Å². The van der Waals surface area contributed by atoms with Gasteiger partial charge in [-0.2, -0.15) is 0 Å². The second-order valence-corrected chi connectivity index (χ2v) is 5.92. The first-order valence-corrected chi connectivity index (χ1v) is 7.67. The smallest absolute Gasteiger partial charge is 0.251 e. The van der Waals surface area contributed by atoms with E-state index in [-0.39, 0.29) is 11.9 Å². The fourth-order valence-electron chi connectivity index (χ4n) is 3.54. The number of amides is 1. The fraction of sp³-hybridized carbons (Fsp3) is 0.562. The quantitative estimate of drug-likeness (QED) is 0.830. The lowest BCUT2D eigenvalue weighted by atomic mass is 9.98. The van der Waals surface area contributed by atoms with E-state index in [0.29, 0.717) is 23.0 Å². The van der Waals surface area contributed by atoms with Crippen molar-refractivity contribution in [3.05, 3.63) is 23.8 Å². The number of nitrogens with zero attached hydrogens (tertiary/aromatic N) is 1. The van der Waals surface area contributed by atoms with E-state index in [4.69, 9.17) is 10.5 Å². The van der Waals surface area contributed by atoms with Crippen molar-refractivity contribution in [2.45, 2.75) is 37.8 Å². The zero-order valence-electron chi connectivity index (χ0n) is 12.5. The van der Waals surface area contributed by atoms with Gasteiger partial charge in [0.15, 0.2) is 0 Å². The molecule has 21 heavy (non-hydrogen) atoms. The molecule has 3 N–H and O–H groups in total. The van der Waals surface area contributed by atoms with E-state index in [1.807, 2.05) is 0 Å². The molecule has 3 rings (SSSR count). The van der Waals surface area contributed by atoms with Crippen LogP contribution in [0.4, 0.5) is 5.69 Å². The molecule has 5 nitrogen and oxygen atoms in total. The zero-order valence-corrected chi connectivity index (χ0v) is 12.5. The van der Waals surface area contributed by atoms with Gasteiger partial charge in [-0.05, 0) is 44.0 Å². The summed E-state index contributed by atoms with van der Waals surface area (Å²) in [5.41, 5.74) is 6.97. The second-order valence-electron chi connectivity index (χ2n) is 5.92.